The minimum absolute atomic E-state index is 0.00323. The number of hydrogen-bond donors (Lipinski definition) is 2. The van der Waals surface area contributed by atoms with Crippen molar-refractivity contribution < 1.29 is 19.7 Å². The third-order valence-electron chi connectivity index (χ3n) is 1.65. The summed E-state index contributed by atoms with van der Waals surface area (Å²) in [5.41, 5.74) is -1.17. The molecule has 0 aliphatic rings. The van der Waals surface area contributed by atoms with Crippen LogP contribution in [0.5, 0.6) is 0 Å². The van der Waals surface area contributed by atoms with E-state index in [4.69, 9.17) is 14.6 Å². The quantitative estimate of drug-likeness (QED) is 0.412. The minimum atomic E-state index is -1.17. The molecule has 0 aromatic rings. The fourth-order valence-electron chi connectivity index (χ4n) is 0.721. The lowest BCUT2D eigenvalue weighted by molar-refractivity contribution is -0.0136. The van der Waals surface area contributed by atoms with E-state index >= 15 is 0 Å². The summed E-state index contributed by atoms with van der Waals surface area (Å²) < 4.78 is 10.1. The fourth-order valence-corrected chi connectivity index (χ4v) is 0.721. The monoisotopic (exact) mass is 202 g/mol. The maximum atomic E-state index is 9.59. The van der Waals surface area contributed by atoms with Crippen LogP contribution in [0, 0.1) is 0 Å². The van der Waals surface area contributed by atoms with Crippen LogP contribution in [0.15, 0.2) is 25.3 Å². The van der Waals surface area contributed by atoms with Crippen molar-refractivity contribution in [3.8, 4) is 0 Å². The number of hydrogen-bond acceptors (Lipinski definition) is 4. The van der Waals surface area contributed by atoms with Crippen LogP contribution in [0.4, 0.5) is 0 Å². The van der Waals surface area contributed by atoms with Gasteiger partial charge < -0.3 is 19.7 Å². The molecular weight excluding hydrogens is 184 g/mol. The molecule has 0 unspecified atom stereocenters. The zero-order valence-corrected chi connectivity index (χ0v) is 8.32. The van der Waals surface area contributed by atoms with Gasteiger partial charge in [0.1, 0.15) is 5.60 Å². The topological polar surface area (TPSA) is 58.9 Å². The third kappa shape index (κ3) is 5.88. The van der Waals surface area contributed by atoms with Gasteiger partial charge in [0.25, 0.3) is 0 Å². The van der Waals surface area contributed by atoms with Crippen molar-refractivity contribution in [2.24, 2.45) is 0 Å². The molecule has 0 amide bonds. The van der Waals surface area contributed by atoms with Gasteiger partial charge in [-0.15, -0.1) is 0 Å². The molecular formula is C10H18O4. The van der Waals surface area contributed by atoms with E-state index in [1.165, 1.54) is 12.2 Å². The molecule has 2 N–H and O–H groups in total. The molecule has 0 radical (unpaired) electrons. The van der Waals surface area contributed by atoms with Gasteiger partial charge in [-0.3, -0.25) is 0 Å². The summed E-state index contributed by atoms with van der Waals surface area (Å²) in [5.74, 6) is 0. The van der Waals surface area contributed by atoms with Gasteiger partial charge in [0.2, 0.25) is 0 Å². The molecule has 82 valence electrons. The highest BCUT2D eigenvalue weighted by atomic mass is 16.5. The first-order valence-corrected chi connectivity index (χ1v) is 4.44. The van der Waals surface area contributed by atoms with E-state index in [-0.39, 0.29) is 13.2 Å². The van der Waals surface area contributed by atoms with Crippen LogP contribution in [-0.4, -0.2) is 48.8 Å². The third-order valence-corrected chi connectivity index (χ3v) is 1.65. The summed E-state index contributed by atoms with van der Waals surface area (Å²) in [5, 5.41) is 18.0. The van der Waals surface area contributed by atoms with Crippen LogP contribution < -0.4 is 0 Å². The van der Waals surface area contributed by atoms with Crippen LogP contribution in [0.3, 0.4) is 0 Å². The molecule has 0 aromatic heterocycles. The lowest BCUT2D eigenvalue weighted by Gasteiger charge is -2.19. The predicted molar refractivity (Wildman–Crippen MR) is 54.1 cm³/mol. The van der Waals surface area contributed by atoms with E-state index in [0.717, 1.165) is 0 Å². The number of aliphatic hydroxyl groups excluding tert-OH is 1. The first-order valence-electron chi connectivity index (χ1n) is 4.44. The Morgan fingerprint density at radius 1 is 1.07 bits per heavy atom. The van der Waals surface area contributed by atoms with Gasteiger partial charge in [-0.25, -0.2) is 0 Å². The average molecular weight is 202 g/mol. The van der Waals surface area contributed by atoms with E-state index in [2.05, 4.69) is 13.2 Å². The number of rotatable bonds is 9. The molecule has 0 fully saturated rings. The Labute approximate surface area is 84.5 Å². The van der Waals surface area contributed by atoms with Gasteiger partial charge in [-0.05, 0) is 0 Å². The summed E-state index contributed by atoms with van der Waals surface area (Å²) in [6.07, 6.45) is 2.74. The highest BCUT2D eigenvalue weighted by molar-refractivity contribution is 5.08. The Balaban J connectivity index is 3.43. The molecule has 0 bridgehead atoms. The second-order valence-electron chi connectivity index (χ2n) is 2.79. The summed E-state index contributed by atoms with van der Waals surface area (Å²) in [6.45, 7) is 8.11. The van der Waals surface area contributed by atoms with Crippen LogP contribution in [0.1, 0.15) is 0 Å². The van der Waals surface area contributed by atoms with E-state index < -0.39 is 5.60 Å². The summed E-state index contributed by atoms with van der Waals surface area (Å²) in [7, 11) is 0. The Bertz CT molecular complexity index is 160. The highest BCUT2D eigenvalue weighted by Crippen LogP contribution is 2.07. The molecule has 4 nitrogen and oxygen atoms in total. The summed E-state index contributed by atoms with van der Waals surface area (Å²) in [6, 6.07) is 0. The standard InChI is InChI=1S/C10H18O4/c1-3-10(12,4-2)9-14-8-7-13-6-5-11/h3-4,11-12H,1-2,5-9H2. The van der Waals surface area contributed by atoms with E-state index in [9.17, 15) is 5.11 Å². The molecule has 0 rings (SSSR count). The van der Waals surface area contributed by atoms with E-state index in [0.29, 0.717) is 19.8 Å². The molecule has 0 saturated heterocycles. The van der Waals surface area contributed by atoms with E-state index in [1.807, 2.05) is 0 Å². The molecule has 0 atom stereocenters. The molecule has 0 spiro atoms. The summed E-state index contributed by atoms with van der Waals surface area (Å²) in [4.78, 5) is 0. The van der Waals surface area contributed by atoms with Gasteiger partial charge >= 0.3 is 0 Å². The first-order chi connectivity index (χ1) is 6.68. The van der Waals surface area contributed by atoms with Gasteiger partial charge in [-0.1, -0.05) is 25.3 Å². The van der Waals surface area contributed by atoms with Crippen molar-refractivity contribution in [2.45, 2.75) is 5.60 Å². The second-order valence-corrected chi connectivity index (χ2v) is 2.79. The average Bonchev–Trinajstić information content (AvgIpc) is 2.23. The van der Waals surface area contributed by atoms with Gasteiger partial charge in [0.05, 0.1) is 33.0 Å². The normalized spacial score (nSPS) is 11.3. The van der Waals surface area contributed by atoms with Gasteiger partial charge in [-0.2, -0.15) is 0 Å². The number of ether oxygens (including phenoxy) is 2. The maximum absolute atomic E-state index is 9.59. The molecule has 4 heteroatoms. The van der Waals surface area contributed by atoms with Gasteiger partial charge in [0, 0.05) is 0 Å². The van der Waals surface area contributed by atoms with Gasteiger partial charge in [0.15, 0.2) is 0 Å². The van der Waals surface area contributed by atoms with Crippen molar-refractivity contribution in [3.05, 3.63) is 25.3 Å². The zero-order valence-electron chi connectivity index (χ0n) is 8.32. The predicted octanol–water partition coefficient (Wildman–Crippen LogP) is 0.115. The van der Waals surface area contributed by atoms with Crippen molar-refractivity contribution in [1.29, 1.82) is 0 Å². The Morgan fingerprint density at radius 2 is 1.64 bits per heavy atom. The smallest absolute Gasteiger partial charge is 0.124 e. The minimum Gasteiger partial charge on any atom is -0.394 e. The lowest BCUT2D eigenvalue weighted by atomic mass is 10.1. The Morgan fingerprint density at radius 3 is 2.14 bits per heavy atom. The molecule has 0 aliphatic carbocycles. The van der Waals surface area contributed by atoms with Crippen LogP contribution >= 0.6 is 0 Å². The summed E-state index contributed by atoms with van der Waals surface area (Å²) >= 11 is 0. The molecule has 0 aliphatic heterocycles. The Hall–Kier alpha value is -0.680. The Kier molecular flexibility index (Phi) is 7.32. The largest absolute Gasteiger partial charge is 0.394 e. The molecule has 0 aromatic carbocycles. The SMILES string of the molecule is C=CC(O)(C=C)COCCOCCO. The molecule has 14 heavy (non-hydrogen) atoms. The van der Waals surface area contributed by atoms with Crippen LogP contribution in [0.25, 0.3) is 0 Å². The second kappa shape index (κ2) is 7.70. The lowest BCUT2D eigenvalue weighted by Crippen LogP contribution is -2.29. The van der Waals surface area contributed by atoms with Crippen molar-refractivity contribution in [3.63, 3.8) is 0 Å². The molecule has 0 saturated carbocycles. The zero-order chi connectivity index (χ0) is 10.9. The van der Waals surface area contributed by atoms with Crippen molar-refractivity contribution >= 4 is 0 Å². The van der Waals surface area contributed by atoms with Crippen LogP contribution in [0.2, 0.25) is 0 Å². The highest BCUT2D eigenvalue weighted by Gasteiger charge is 2.17. The maximum Gasteiger partial charge on any atom is 0.124 e. The van der Waals surface area contributed by atoms with Crippen molar-refractivity contribution in [2.75, 3.05) is 33.0 Å². The fraction of sp³-hybridized carbons (Fsp3) is 0.600. The van der Waals surface area contributed by atoms with E-state index in [1.54, 1.807) is 0 Å². The first kappa shape index (κ1) is 13.3. The van der Waals surface area contributed by atoms with Crippen molar-refractivity contribution in [1.82, 2.24) is 0 Å². The van der Waals surface area contributed by atoms with Crippen LogP contribution in [-0.2, 0) is 9.47 Å². The molecule has 0 heterocycles. The number of aliphatic hydroxyl groups is 2.